The van der Waals surface area contributed by atoms with Gasteiger partial charge in [-0.25, -0.2) is 0 Å². The second-order valence-electron chi connectivity index (χ2n) is 5.26. The Morgan fingerprint density at radius 3 is 2.45 bits per heavy atom. The lowest BCUT2D eigenvalue weighted by Gasteiger charge is -2.21. The van der Waals surface area contributed by atoms with E-state index in [1.165, 1.54) is 11.1 Å². The lowest BCUT2D eigenvalue weighted by molar-refractivity contribution is 0.412. The van der Waals surface area contributed by atoms with E-state index in [0.717, 1.165) is 12.2 Å². The van der Waals surface area contributed by atoms with Crippen molar-refractivity contribution in [1.29, 1.82) is 0 Å². The molecular formula is C18H23NO. The summed E-state index contributed by atoms with van der Waals surface area (Å²) in [6.45, 7) is 4.42. The van der Waals surface area contributed by atoms with E-state index in [-0.39, 0.29) is 0 Å². The van der Waals surface area contributed by atoms with Crippen LogP contribution in [0.15, 0.2) is 54.6 Å². The maximum atomic E-state index is 5.28. The zero-order chi connectivity index (χ0) is 14.4. The molecule has 2 aromatic carbocycles. The minimum absolute atomic E-state index is 0.309. The van der Waals surface area contributed by atoms with E-state index in [1.807, 2.05) is 12.1 Å². The van der Waals surface area contributed by atoms with E-state index < -0.39 is 0 Å². The predicted octanol–water partition coefficient (Wildman–Crippen LogP) is 3.98. The van der Waals surface area contributed by atoms with Crippen molar-refractivity contribution in [3.8, 4) is 5.75 Å². The highest BCUT2D eigenvalue weighted by atomic mass is 16.5. The van der Waals surface area contributed by atoms with Crippen molar-refractivity contribution in [2.45, 2.75) is 32.4 Å². The second kappa shape index (κ2) is 7.11. The number of ether oxygens (including phenoxy) is 1. The Bertz CT molecular complexity index is 524. The van der Waals surface area contributed by atoms with Gasteiger partial charge in [-0.05, 0) is 43.5 Å². The average Bonchev–Trinajstić information content (AvgIpc) is 2.48. The first kappa shape index (κ1) is 14.6. The third kappa shape index (κ3) is 4.10. The van der Waals surface area contributed by atoms with Crippen molar-refractivity contribution < 1.29 is 4.74 Å². The normalized spacial score (nSPS) is 13.8. The molecule has 2 heteroatoms. The molecule has 0 fully saturated rings. The molecule has 2 unspecified atom stereocenters. The minimum atomic E-state index is 0.309. The third-order valence-corrected chi connectivity index (χ3v) is 3.51. The molecule has 0 bridgehead atoms. The quantitative estimate of drug-likeness (QED) is 0.856. The van der Waals surface area contributed by atoms with Gasteiger partial charge in [-0.3, -0.25) is 0 Å². The van der Waals surface area contributed by atoms with Crippen LogP contribution in [0.25, 0.3) is 0 Å². The van der Waals surface area contributed by atoms with Gasteiger partial charge in [-0.1, -0.05) is 42.5 Å². The maximum Gasteiger partial charge on any atom is 0.119 e. The van der Waals surface area contributed by atoms with E-state index >= 15 is 0 Å². The van der Waals surface area contributed by atoms with E-state index in [4.69, 9.17) is 4.74 Å². The SMILES string of the molecule is COc1cccc(C(C)NC(C)Cc2ccccc2)c1. The summed E-state index contributed by atoms with van der Waals surface area (Å²) in [4.78, 5) is 0. The Morgan fingerprint density at radius 2 is 1.75 bits per heavy atom. The largest absolute Gasteiger partial charge is 0.497 e. The van der Waals surface area contributed by atoms with Crippen molar-refractivity contribution in [1.82, 2.24) is 5.32 Å². The van der Waals surface area contributed by atoms with Gasteiger partial charge in [0, 0.05) is 12.1 Å². The molecule has 0 aliphatic carbocycles. The van der Waals surface area contributed by atoms with Crippen LogP contribution in [0, 0.1) is 0 Å². The Balaban J connectivity index is 1.94. The summed E-state index contributed by atoms with van der Waals surface area (Å²) in [5.41, 5.74) is 2.62. The highest BCUT2D eigenvalue weighted by Crippen LogP contribution is 2.19. The van der Waals surface area contributed by atoms with Crippen LogP contribution in [-0.4, -0.2) is 13.2 Å². The summed E-state index contributed by atoms with van der Waals surface area (Å²) in [5, 5.41) is 3.64. The molecule has 0 heterocycles. The van der Waals surface area contributed by atoms with Crippen LogP contribution < -0.4 is 10.1 Å². The molecule has 2 aromatic rings. The highest BCUT2D eigenvalue weighted by molar-refractivity contribution is 5.30. The first-order valence-corrected chi connectivity index (χ1v) is 7.13. The van der Waals surface area contributed by atoms with Crippen LogP contribution in [0.2, 0.25) is 0 Å². The minimum Gasteiger partial charge on any atom is -0.497 e. The van der Waals surface area contributed by atoms with Crippen molar-refractivity contribution >= 4 is 0 Å². The molecule has 2 nitrogen and oxygen atoms in total. The third-order valence-electron chi connectivity index (χ3n) is 3.51. The summed E-state index contributed by atoms with van der Waals surface area (Å²) in [6.07, 6.45) is 1.04. The zero-order valence-corrected chi connectivity index (χ0v) is 12.5. The van der Waals surface area contributed by atoms with Crippen LogP contribution in [-0.2, 0) is 6.42 Å². The monoisotopic (exact) mass is 269 g/mol. The molecule has 106 valence electrons. The number of hydrogen-bond donors (Lipinski definition) is 1. The van der Waals surface area contributed by atoms with Gasteiger partial charge in [0.25, 0.3) is 0 Å². The number of hydrogen-bond acceptors (Lipinski definition) is 2. The number of benzene rings is 2. The van der Waals surface area contributed by atoms with E-state index in [9.17, 15) is 0 Å². The van der Waals surface area contributed by atoms with Gasteiger partial charge in [0.2, 0.25) is 0 Å². The molecular weight excluding hydrogens is 246 g/mol. The molecule has 2 rings (SSSR count). The van der Waals surface area contributed by atoms with E-state index in [1.54, 1.807) is 7.11 Å². The van der Waals surface area contributed by atoms with Crippen LogP contribution >= 0.6 is 0 Å². The molecule has 0 spiro atoms. The molecule has 0 radical (unpaired) electrons. The standard InChI is InChI=1S/C18H23NO/c1-14(12-16-8-5-4-6-9-16)19-15(2)17-10-7-11-18(13-17)20-3/h4-11,13-15,19H,12H2,1-3H3. The van der Waals surface area contributed by atoms with Gasteiger partial charge in [0.1, 0.15) is 5.75 Å². The molecule has 1 N–H and O–H groups in total. The summed E-state index contributed by atoms with van der Waals surface area (Å²) < 4.78 is 5.28. The van der Waals surface area contributed by atoms with Crippen LogP contribution in [0.1, 0.15) is 31.0 Å². The molecule has 0 aromatic heterocycles. The summed E-state index contributed by atoms with van der Waals surface area (Å²) in [6, 6.07) is 19.6. The van der Waals surface area contributed by atoms with Gasteiger partial charge >= 0.3 is 0 Å². The summed E-state index contributed by atoms with van der Waals surface area (Å²) in [7, 11) is 1.70. The van der Waals surface area contributed by atoms with Gasteiger partial charge in [0.15, 0.2) is 0 Å². The summed E-state index contributed by atoms with van der Waals surface area (Å²) in [5.74, 6) is 0.909. The number of nitrogens with one attached hydrogen (secondary N) is 1. The van der Waals surface area contributed by atoms with Gasteiger partial charge in [0.05, 0.1) is 7.11 Å². The van der Waals surface area contributed by atoms with Crippen molar-refractivity contribution in [2.24, 2.45) is 0 Å². The molecule has 0 saturated carbocycles. The first-order chi connectivity index (χ1) is 9.69. The lowest BCUT2D eigenvalue weighted by Crippen LogP contribution is -2.30. The molecule has 0 aliphatic heterocycles. The lowest BCUT2D eigenvalue weighted by atomic mass is 10.0. The molecule has 20 heavy (non-hydrogen) atoms. The van der Waals surface area contributed by atoms with E-state index in [2.05, 4.69) is 61.6 Å². The smallest absolute Gasteiger partial charge is 0.119 e. The van der Waals surface area contributed by atoms with Gasteiger partial charge in [-0.15, -0.1) is 0 Å². The van der Waals surface area contributed by atoms with E-state index in [0.29, 0.717) is 12.1 Å². The first-order valence-electron chi connectivity index (χ1n) is 7.13. The Kier molecular flexibility index (Phi) is 5.19. The Labute approximate surface area is 121 Å². The fraction of sp³-hybridized carbons (Fsp3) is 0.333. The molecule has 0 aliphatic rings. The van der Waals surface area contributed by atoms with Crippen molar-refractivity contribution in [3.63, 3.8) is 0 Å². The van der Waals surface area contributed by atoms with Crippen LogP contribution in [0.5, 0.6) is 5.75 Å². The second-order valence-corrected chi connectivity index (χ2v) is 5.26. The Morgan fingerprint density at radius 1 is 1.00 bits per heavy atom. The van der Waals surface area contributed by atoms with Crippen molar-refractivity contribution in [3.05, 3.63) is 65.7 Å². The zero-order valence-electron chi connectivity index (χ0n) is 12.5. The fourth-order valence-corrected chi connectivity index (χ4v) is 2.46. The highest BCUT2D eigenvalue weighted by Gasteiger charge is 2.10. The van der Waals surface area contributed by atoms with Crippen LogP contribution in [0.4, 0.5) is 0 Å². The topological polar surface area (TPSA) is 21.3 Å². The molecule has 2 atom stereocenters. The van der Waals surface area contributed by atoms with Gasteiger partial charge < -0.3 is 10.1 Å². The fourth-order valence-electron chi connectivity index (χ4n) is 2.46. The number of methoxy groups -OCH3 is 1. The van der Waals surface area contributed by atoms with Gasteiger partial charge in [-0.2, -0.15) is 0 Å². The average molecular weight is 269 g/mol. The number of rotatable bonds is 6. The maximum absolute atomic E-state index is 5.28. The Hall–Kier alpha value is -1.80. The van der Waals surface area contributed by atoms with Crippen LogP contribution in [0.3, 0.4) is 0 Å². The summed E-state index contributed by atoms with van der Waals surface area (Å²) >= 11 is 0. The molecule has 0 saturated heterocycles. The molecule has 0 amide bonds. The predicted molar refractivity (Wildman–Crippen MR) is 84.2 cm³/mol. The van der Waals surface area contributed by atoms with Crippen molar-refractivity contribution in [2.75, 3.05) is 7.11 Å².